The molecule has 0 aliphatic rings. The standard InChI is InChI=1S/C19H25N3O2S/c1-14(23)21-16(15-8-5-4-6-9-15)12-19(24)20-13-17(22(2)3)18-10-7-11-25-18/h4-11,16-17H,12-13H2,1-3H3,(H,20,24)(H,21,23). The van der Waals surface area contributed by atoms with Gasteiger partial charge < -0.3 is 15.5 Å². The summed E-state index contributed by atoms with van der Waals surface area (Å²) in [6.45, 7) is 2.00. The number of benzene rings is 1. The summed E-state index contributed by atoms with van der Waals surface area (Å²) in [5, 5.41) is 7.90. The predicted octanol–water partition coefficient (Wildman–Crippen LogP) is 2.73. The molecule has 0 spiro atoms. The summed E-state index contributed by atoms with van der Waals surface area (Å²) in [6.07, 6.45) is 0.216. The number of likely N-dealkylation sites (N-methyl/N-ethyl adjacent to an activating group) is 1. The summed E-state index contributed by atoms with van der Waals surface area (Å²) in [7, 11) is 4.00. The molecule has 1 aromatic heterocycles. The van der Waals surface area contributed by atoms with Crippen molar-refractivity contribution in [1.82, 2.24) is 15.5 Å². The van der Waals surface area contributed by atoms with Gasteiger partial charge in [-0.1, -0.05) is 36.4 Å². The Morgan fingerprint density at radius 2 is 1.84 bits per heavy atom. The Kier molecular flexibility index (Phi) is 7.16. The number of rotatable bonds is 8. The average molecular weight is 359 g/mol. The highest BCUT2D eigenvalue weighted by molar-refractivity contribution is 7.10. The van der Waals surface area contributed by atoms with Crippen molar-refractivity contribution in [3.63, 3.8) is 0 Å². The van der Waals surface area contributed by atoms with Crippen LogP contribution in [0.25, 0.3) is 0 Å². The first-order valence-corrected chi connectivity index (χ1v) is 9.14. The van der Waals surface area contributed by atoms with Gasteiger partial charge in [0, 0.05) is 18.3 Å². The number of amides is 2. The third-order valence-corrected chi connectivity index (χ3v) is 4.93. The molecule has 2 amide bonds. The smallest absolute Gasteiger partial charge is 0.222 e. The van der Waals surface area contributed by atoms with Crippen LogP contribution in [-0.4, -0.2) is 37.4 Å². The van der Waals surface area contributed by atoms with E-state index in [0.29, 0.717) is 6.54 Å². The van der Waals surface area contributed by atoms with Crippen LogP contribution in [0.1, 0.15) is 35.9 Å². The van der Waals surface area contributed by atoms with E-state index < -0.39 is 0 Å². The van der Waals surface area contributed by atoms with Crippen molar-refractivity contribution in [1.29, 1.82) is 0 Å². The highest BCUT2D eigenvalue weighted by atomic mass is 32.1. The van der Waals surface area contributed by atoms with E-state index in [1.54, 1.807) is 11.3 Å². The molecule has 0 aliphatic heterocycles. The predicted molar refractivity (Wildman–Crippen MR) is 101 cm³/mol. The van der Waals surface area contributed by atoms with Crippen molar-refractivity contribution >= 4 is 23.2 Å². The van der Waals surface area contributed by atoms with Crippen LogP contribution in [0.5, 0.6) is 0 Å². The fourth-order valence-electron chi connectivity index (χ4n) is 2.67. The maximum Gasteiger partial charge on any atom is 0.222 e. The lowest BCUT2D eigenvalue weighted by atomic mass is 10.0. The fraction of sp³-hybridized carbons (Fsp3) is 0.368. The van der Waals surface area contributed by atoms with Crippen molar-refractivity contribution in [3.05, 3.63) is 58.3 Å². The second kappa shape index (κ2) is 9.34. The van der Waals surface area contributed by atoms with Gasteiger partial charge in [-0.25, -0.2) is 0 Å². The Labute approximate surface area is 153 Å². The maximum absolute atomic E-state index is 12.4. The SMILES string of the molecule is CC(=O)NC(CC(=O)NCC(c1cccs1)N(C)C)c1ccccc1. The van der Waals surface area contributed by atoms with E-state index in [-0.39, 0.29) is 30.3 Å². The molecule has 0 fully saturated rings. The minimum absolute atomic E-state index is 0.0778. The molecule has 0 aliphatic carbocycles. The van der Waals surface area contributed by atoms with E-state index >= 15 is 0 Å². The number of hydrogen-bond donors (Lipinski definition) is 2. The third kappa shape index (κ3) is 5.99. The quantitative estimate of drug-likeness (QED) is 0.762. The lowest BCUT2D eigenvalue weighted by Gasteiger charge is -2.24. The highest BCUT2D eigenvalue weighted by Gasteiger charge is 2.19. The Morgan fingerprint density at radius 1 is 1.12 bits per heavy atom. The second-order valence-electron chi connectivity index (χ2n) is 6.17. The first kappa shape index (κ1) is 19.1. The molecule has 2 atom stereocenters. The van der Waals surface area contributed by atoms with Crippen LogP contribution in [0.4, 0.5) is 0 Å². The summed E-state index contributed by atoms with van der Waals surface area (Å²) < 4.78 is 0. The van der Waals surface area contributed by atoms with Crippen LogP contribution >= 0.6 is 11.3 Å². The first-order chi connectivity index (χ1) is 12.0. The van der Waals surface area contributed by atoms with E-state index in [0.717, 1.165) is 5.56 Å². The molecular formula is C19H25N3O2S. The molecule has 134 valence electrons. The lowest BCUT2D eigenvalue weighted by molar-refractivity contribution is -0.123. The fourth-order valence-corrected chi connectivity index (χ4v) is 3.59. The van der Waals surface area contributed by atoms with Crippen LogP contribution in [-0.2, 0) is 9.59 Å². The van der Waals surface area contributed by atoms with Gasteiger partial charge in [0.15, 0.2) is 0 Å². The molecule has 0 saturated carbocycles. The molecule has 2 N–H and O–H groups in total. The molecule has 1 aromatic carbocycles. The lowest BCUT2D eigenvalue weighted by Crippen LogP contribution is -2.37. The molecule has 0 saturated heterocycles. The van der Waals surface area contributed by atoms with Crippen molar-refractivity contribution in [3.8, 4) is 0 Å². The first-order valence-electron chi connectivity index (χ1n) is 8.26. The van der Waals surface area contributed by atoms with E-state index in [4.69, 9.17) is 0 Å². The molecule has 6 heteroatoms. The number of nitrogens with one attached hydrogen (secondary N) is 2. The van der Waals surface area contributed by atoms with E-state index in [1.165, 1.54) is 11.8 Å². The number of carbonyl (C=O) groups excluding carboxylic acids is 2. The number of nitrogens with zero attached hydrogens (tertiary/aromatic N) is 1. The Bertz CT molecular complexity index is 671. The van der Waals surface area contributed by atoms with Gasteiger partial charge in [0.05, 0.1) is 18.5 Å². The summed E-state index contributed by atoms with van der Waals surface area (Å²) >= 11 is 1.68. The van der Waals surface area contributed by atoms with Crippen LogP contribution in [0.3, 0.4) is 0 Å². The Morgan fingerprint density at radius 3 is 2.40 bits per heavy atom. The van der Waals surface area contributed by atoms with E-state index in [9.17, 15) is 9.59 Å². The maximum atomic E-state index is 12.4. The second-order valence-corrected chi connectivity index (χ2v) is 7.15. The molecule has 2 aromatic rings. The summed E-state index contributed by atoms with van der Waals surface area (Å²) in [4.78, 5) is 27.2. The van der Waals surface area contributed by atoms with Gasteiger partial charge in [-0.05, 0) is 31.1 Å². The molecular weight excluding hydrogens is 334 g/mol. The highest BCUT2D eigenvalue weighted by Crippen LogP contribution is 2.22. The number of thiophene rings is 1. The van der Waals surface area contributed by atoms with Gasteiger partial charge >= 0.3 is 0 Å². The van der Waals surface area contributed by atoms with E-state index in [1.807, 2.05) is 55.9 Å². The molecule has 2 rings (SSSR count). The van der Waals surface area contributed by atoms with Crippen molar-refractivity contribution < 1.29 is 9.59 Å². The van der Waals surface area contributed by atoms with Crippen LogP contribution < -0.4 is 10.6 Å². The molecule has 25 heavy (non-hydrogen) atoms. The Balaban J connectivity index is 1.97. The van der Waals surface area contributed by atoms with Crippen LogP contribution in [0.2, 0.25) is 0 Å². The normalized spacial score (nSPS) is 13.3. The van der Waals surface area contributed by atoms with Gasteiger partial charge in [0.1, 0.15) is 0 Å². The third-order valence-electron chi connectivity index (χ3n) is 3.96. The molecule has 0 bridgehead atoms. The van der Waals surface area contributed by atoms with Gasteiger partial charge in [-0.15, -0.1) is 11.3 Å². The summed E-state index contributed by atoms with van der Waals surface area (Å²) in [6, 6.07) is 13.5. The zero-order chi connectivity index (χ0) is 18.2. The molecule has 5 nitrogen and oxygen atoms in total. The molecule has 0 radical (unpaired) electrons. The zero-order valence-corrected chi connectivity index (χ0v) is 15.7. The monoisotopic (exact) mass is 359 g/mol. The van der Waals surface area contributed by atoms with Gasteiger partial charge in [0.25, 0.3) is 0 Å². The van der Waals surface area contributed by atoms with Crippen molar-refractivity contribution in [2.24, 2.45) is 0 Å². The summed E-state index contributed by atoms with van der Waals surface area (Å²) in [5.41, 5.74) is 0.926. The minimum atomic E-state index is -0.321. The zero-order valence-electron chi connectivity index (χ0n) is 14.9. The number of hydrogen-bond acceptors (Lipinski definition) is 4. The van der Waals surface area contributed by atoms with Gasteiger partial charge in [0.2, 0.25) is 11.8 Å². The molecule has 2 unspecified atom stereocenters. The average Bonchev–Trinajstić information content (AvgIpc) is 3.08. The van der Waals surface area contributed by atoms with Gasteiger partial charge in [-0.2, -0.15) is 0 Å². The largest absolute Gasteiger partial charge is 0.354 e. The minimum Gasteiger partial charge on any atom is -0.354 e. The van der Waals surface area contributed by atoms with E-state index in [2.05, 4.69) is 21.6 Å². The topological polar surface area (TPSA) is 61.4 Å². The van der Waals surface area contributed by atoms with Crippen LogP contribution in [0.15, 0.2) is 47.8 Å². The number of carbonyl (C=O) groups is 2. The Hall–Kier alpha value is -2.18. The summed E-state index contributed by atoms with van der Waals surface area (Å²) in [5.74, 6) is -0.225. The molecule has 1 heterocycles. The van der Waals surface area contributed by atoms with Crippen molar-refractivity contribution in [2.45, 2.75) is 25.4 Å². The van der Waals surface area contributed by atoms with Crippen LogP contribution in [0, 0.1) is 0 Å². The van der Waals surface area contributed by atoms with Crippen molar-refractivity contribution in [2.75, 3.05) is 20.6 Å². The van der Waals surface area contributed by atoms with Gasteiger partial charge in [-0.3, -0.25) is 9.59 Å².